The van der Waals surface area contributed by atoms with Gasteiger partial charge in [-0.25, -0.2) is 4.79 Å². The number of hydrogen-bond acceptors (Lipinski definition) is 4. The predicted molar refractivity (Wildman–Crippen MR) is 135 cm³/mol. The van der Waals surface area contributed by atoms with Crippen LogP contribution in [-0.2, 0) is 14.3 Å². The summed E-state index contributed by atoms with van der Waals surface area (Å²) in [4.78, 5) is 40.3. The quantitative estimate of drug-likeness (QED) is 0.547. The van der Waals surface area contributed by atoms with E-state index in [1.54, 1.807) is 26.8 Å². The lowest BCUT2D eigenvalue weighted by molar-refractivity contribution is -0.137. The van der Waals surface area contributed by atoms with Gasteiger partial charge in [0.1, 0.15) is 18.2 Å². The van der Waals surface area contributed by atoms with Gasteiger partial charge in [-0.3, -0.25) is 9.59 Å². The van der Waals surface area contributed by atoms with E-state index in [4.69, 9.17) is 4.74 Å². The van der Waals surface area contributed by atoms with Crippen LogP contribution in [-0.4, -0.2) is 41.5 Å². The van der Waals surface area contributed by atoms with Crippen molar-refractivity contribution < 1.29 is 19.1 Å². The summed E-state index contributed by atoms with van der Waals surface area (Å²) in [6, 6.07) is 12.2. The first kappa shape index (κ1) is 26.6. The number of ether oxygens (including phenoxy) is 1. The molecule has 0 saturated carbocycles. The molecule has 0 aliphatic carbocycles. The summed E-state index contributed by atoms with van der Waals surface area (Å²) in [5.41, 5.74) is 3.63. The minimum absolute atomic E-state index is 0.119. The number of amides is 3. The molecule has 0 radical (unpaired) electrons. The first-order valence-corrected chi connectivity index (χ1v) is 11.2. The average Bonchev–Trinajstić information content (AvgIpc) is 2.74. The van der Waals surface area contributed by atoms with Crippen LogP contribution in [0.1, 0.15) is 49.1 Å². The molecule has 0 heterocycles. The summed E-state index contributed by atoms with van der Waals surface area (Å²) < 4.78 is 5.22. The number of aryl methyl sites for hydroxylation is 3. The van der Waals surface area contributed by atoms with E-state index in [0.29, 0.717) is 11.3 Å². The molecule has 2 aromatic carbocycles. The molecule has 0 fully saturated rings. The zero-order valence-electron chi connectivity index (χ0n) is 20.9. The molecule has 3 amide bonds. The number of rotatable bonds is 8. The van der Waals surface area contributed by atoms with Crippen molar-refractivity contribution in [2.24, 2.45) is 0 Å². The maximum Gasteiger partial charge on any atom is 0.408 e. The van der Waals surface area contributed by atoms with Crippen molar-refractivity contribution in [3.05, 3.63) is 77.4 Å². The molecule has 1 atom stereocenters. The van der Waals surface area contributed by atoms with Crippen molar-refractivity contribution >= 4 is 23.6 Å². The van der Waals surface area contributed by atoms with E-state index >= 15 is 0 Å². The van der Waals surface area contributed by atoms with Gasteiger partial charge in [-0.15, -0.1) is 6.58 Å². The van der Waals surface area contributed by atoms with Crippen LogP contribution in [0.15, 0.2) is 55.1 Å². The Morgan fingerprint density at radius 2 is 1.71 bits per heavy atom. The lowest BCUT2D eigenvalue weighted by Crippen LogP contribution is -2.46. The molecule has 34 heavy (non-hydrogen) atoms. The molecule has 2 N–H and O–H groups in total. The third kappa shape index (κ3) is 7.47. The van der Waals surface area contributed by atoms with Gasteiger partial charge in [0.2, 0.25) is 5.91 Å². The van der Waals surface area contributed by atoms with Crippen molar-refractivity contribution in [2.45, 2.75) is 53.2 Å². The molecule has 0 aliphatic rings. The summed E-state index contributed by atoms with van der Waals surface area (Å²) in [5, 5.41) is 5.44. The summed E-state index contributed by atoms with van der Waals surface area (Å²) in [6.07, 6.45) is 0.854. The number of para-hydroxylation sites is 1. The largest absolute Gasteiger partial charge is 0.444 e. The van der Waals surface area contributed by atoms with E-state index in [9.17, 15) is 14.4 Å². The van der Waals surface area contributed by atoms with Gasteiger partial charge in [0.25, 0.3) is 5.91 Å². The van der Waals surface area contributed by atoms with Crippen molar-refractivity contribution in [1.29, 1.82) is 0 Å². The smallest absolute Gasteiger partial charge is 0.408 e. The van der Waals surface area contributed by atoms with Gasteiger partial charge in [0.05, 0.1) is 0 Å². The van der Waals surface area contributed by atoms with Crippen molar-refractivity contribution in [2.75, 3.05) is 18.4 Å². The van der Waals surface area contributed by atoms with E-state index in [0.717, 1.165) is 16.7 Å². The number of carbonyl (C=O) groups is 3. The molecule has 7 heteroatoms. The van der Waals surface area contributed by atoms with Crippen LogP contribution in [0, 0.1) is 20.8 Å². The van der Waals surface area contributed by atoms with E-state index < -0.39 is 23.6 Å². The Morgan fingerprint density at radius 3 is 2.29 bits per heavy atom. The molecule has 7 nitrogen and oxygen atoms in total. The number of alkyl carbamates (subject to hydrolysis) is 1. The van der Waals surface area contributed by atoms with Crippen molar-refractivity contribution in [1.82, 2.24) is 10.2 Å². The van der Waals surface area contributed by atoms with Crippen LogP contribution < -0.4 is 10.6 Å². The highest BCUT2D eigenvalue weighted by Crippen LogP contribution is 2.26. The Morgan fingerprint density at radius 1 is 1.03 bits per heavy atom. The van der Waals surface area contributed by atoms with E-state index in [1.165, 1.54) is 4.90 Å². The monoisotopic (exact) mass is 465 g/mol. The number of benzene rings is 2. The fourth-order valence-electron chi connectivity index (χ4n) is 3.38. The molecule has 0 aliphatic heterocycles. The minimum atomic E-state index is -0.926. The van der Waals surface area contributed by atoms with Gasteiger partial charge in [0, 0.05) is 12.2 Å². The summed E-state index contributed by atoms with van der Waals surface area (Å²) in [7, 11) is 0. The number of nitrogens with one attached hydrogen (secondary N) is 2. The standard InChI is InChI=1S/C27H35N3O4/c1-8-15-30(23(31)17-28-26(33)34-27(5,6)7)24(21-14-13-18(2)20(4)16-21)25(32)29-22-12-10-9-11-19(22)3/h8-14,16,24H,1,15,17H2,2-7H3,(H,28,33)(H,29,32). The zero-order chi connectivity index (χ0) is 25.5. The Bertz CT molecular complexity index is 1060. The SMILES string of the molecule is C=CCN(C(=O)CNC(=O)OC(C)(C)C)C(C(=O)Nc1ccccc1C)c1ccc(C)c(C)c1. The maximum absolute atomic E-state index is 13.6. The molecular weight excluding hydrogens is 430 g/mol. The Balaban J connectivity index is 2.38. The van der Waals surface area contributed by atoms with Gasteiger partial charge >= 0.3 is 6.09 Å². The molecular formula is C27H35N3O4. The molecule has 2 aromatic rings. The van der Waals surface area contributed by atoms with Gasteiger partial charge in [-0.1, -0.05) is 42.5 Å². The second-order valence-corrected chi connectivity index (χ2v) is 9.24. The van der Waals surface area contributed by atoms with Gasteiger partial charge in [-0.2, -0.15) is 0 Å². The zero-order valence-corrected chi connectivity index (χ0v) is 20.9. The van der Waals surface area contributed by atoms with Crippen molar-refractivity contribution in [3.63, 3.8) is 0 Å². The maximum atomic E-state index is 13.6. The lowest BCUT2D eigenvalue weighted by Gasteiger charge is -2.31. The van der Waals surface area contributed by atoms with E-state index in [2.05, 4.69) is 17.2 Å². The third-order valence-electron chi connectivity index (χ3n) is 5.24. The minimum Gasteiger partial charge on any atom is -0.444 e. The van der Waals surface area contributed by atoms with Gasteiger partial charge in [0.15, 0.2) is 0 Å². The van der Waals surface area contributed by atoms with Gasteiger partial charge in [-0.05, 0) is 69.9 Å². The summed E-state index contributed by atoms with van der Waals surface area (Å²) in [6.45, 7) is 14.6. The molecule has 0 bridgehead atoms. The third-order valence-corrected chi connectivity index (χ3v) is 5.24. The predicted octanol–water partition coefficient (Wildman–Crippen LogP) is 4.83. The van der Waals surface area contributed by atoms with E-state index in [1.807, 2.05) is 63.2 Å². The van der Waals surface area contributed by atoms with Crippen LogP contribution >= 0.6 is 0 Å². The van der Waals surface area contributed by atoms with Crippen LogP contribution in [0.2, 0.25) is 0 Å². The summed E-state index contributed by atoms with van der Waals surface area (Å²) >= 11 is 0. The fraction of sp³-hybridized carbons (Fsp3) is 0.370. The second kappa shape index (κ2) is 11.5. The topological polar surface area (TPSA) is 87.7 Å². The molecule has 182 valence electrons. The van der Waals surface area contributed by atoms with Crippen LogP contribution in [0.25, 0.3) is 0 Å². The molecule has 2 rings (SSSR count). The number of nitrogens with zero attached hydrogens (tertiary/aromatic N) is 1. The first-order chi connectivity index (χ1) is 15.9. The highest BCUT2D eigenvalue weighted by molar-refractivity contribution is 5.99. The Hall–Kier alpha value is -3.61. The second-order valence-electron chi connectivity index (χ2n) is 9.24. The van der Waals surface area contributed by atoms with Crippen LogP contribution in [0.4, 0.5) is 10.5 Å². The Kier molecular flexibility index (Phi) is 9.01. The molecule has 0 saturated heterocycles. The van der Waals surface area contributed by atoms with E-state index in [-0.39, 0.29) is 19.0 Å². The molecule has 1 unspecified atom stereocenters. The van der Waals surface area contributed by atoms with Crippen LogP contribution in [0.5, 0.6) is 0 Å². The molecule has 0 spiro atoms. The fourth-order valence-corrected chi connectivity index (χ4v) is 3.38. The lowest BCUT2D eigenvalue weighted by atomic mass is 9.98. The van der Waals surface area contributed by atoms with Crippen molar-refractivity contribution in [3.8, 4) is 0 Å². The van der Waals surface area contributed by atoms with Gasteiger partial charge < -0.3 is 20.3 Å². The Labute approximate surface area is 202 Å². The summed E-state index contributed by atoms with van der Waals surface area (Å²) in [5.74, 6) is -0.793. The average molecular weight is 466 g/mol. The number of carbonyl (C=O) groups excluding carboxylic acids is 3. The highest BCUT2D eigenvalue weighted by Gasteiger charge is 2.31. The van der Waals surface area contributed by atoms with Crippen LogP contribution in [0.3, 0.4) is 0 Å². The normalized spacial score (nSPS) is 11.8. The first-order valence-electron chi connectivity index (χ1n) is 11.2. The number of anilines is 1. The number of hydrogen-bond donors (Lipinski definition) is 2. The highest BCUT2D eigenvalue weighted by atomic mass is 16.6. The molecule has 0 aromatic heterocycles.